The summed E-state index contributed by atoms with van der Waals surface area (Å²) in [5, 5.41) is 3.37. The Morgan fingerprint density at radius 1 is 0.902 bits per heavy atom. The van der Waals surface area contributed by atoms with Crippen molar-refractivity contribution in [2.45, 2.75) is 72.8 Å². The van der Waals surface area contributed by atoms with Crippen molar-refractivity contribution >= 4 is 17.4 Å². The first kappa shape index (κ1) is 31.8. The largest absolute Gasteiger partial charge is 0.496 e. The Kier molecular flexibility index (Phi) is 11.5. The van der Waals surface area contributed by atoms with Gasteiger partial charge in [0.15, 0.2) is 6.61 Å². The quantitative estimate of drug-likeness (QED) is 0.113. The third-order valence-corrected chi connectivity index (χ3v) is 6.99. The summed E-state index contributed by atoms with van der Waals surface area (Å²) in [5.41, 5.74) is 3.02. The van der Waals surface area contributed by atoms with E-state index in [2.05, 4.69) is 62.2 Å². The minimum Gasteiger partial charge on any atom is -0.496 e. The molecular formula is C33H46N2O6. The molecule has 3 rings (SSSR count). The fraction of sp³-hybridized carbons (Fsp3) is 0.515. The zero-order valence-corrected chi connectivity index (χ0v) is 25.7. The second kappa shape index (κ2) is 14.8. The number of benzene rings is 2. The molecule has 2 aromatic carbocycles. The van der Waals surface area contributed by atoms with Gasteiger partial charge in [0.05, 0.1) is 21.3 Å². The number of anilines is 1. The number of ketones is 1. The topological polar surface area (TPSA) is 86.3 Å². The summed E-state index contributed by atoms with van der Waals surface area (Å²) in [6.45, 7) is 9.73. The molecule has 0 aromatic heterocycles. The predicted molar refractivity (Wildman–Crippen MR) is 161 cm³/mol. The molecular weight excluding hydrogens is 520 g/mol. The van der Waals surface area contributed by atoms with Crippen molar-refractivity contribution < 1.29 is 28.5 Å². The minimum atomic E-state index is -0.638. The van der Waals surface area contributed by atoms with Crippen LogP contribution in [0.25, 0.3) is 0 Å². The van der Waals surface area contributed by atoms with Crippen LogP contribution >= 0.6 is 0 Å². The van der Waals surface area contributed by atoms with Gasteiger partial charge in [-0.1, -0.05) is 77.6 Å². The van der Waals surface area contributed by atoms with Gasteiger partial charge in [0, 0.05) is 25.2 Å². The van der Waals surface area contributed by atoms with Gasteiger partial charge < -0.3 is 29.2 Å². The number of rotatable bonds is 15. The van der Waals surface area contributed by atoms with Gasteiger partial charge in [0.1, 0.15) is 34.3 Å². The fourth-order valence-electron chi connectivity index (χ4n) is 4.94. The van der Waals surface area contributed by atoms with Gasteiger partial charge in [-0.25, -0.2) is 4.79 Å². The highest BCUT2D eigenvalue weighted by atomic mass is 16.5. The zero-order chi connectivity index (χ0) is 30.0. The van der Waals surface area contributed by atoms with E-state index in [0.29, 0.717) is 41.8 Å². The Bertz CT molecular complexity index is 1170. The highest BCUT2D eigenvalue weighted by Crippen LogP contribution is 2.40. The van der Waals surface area contributed by atoms with Crippen molar-refractivity contribution in [3.05, 3.63) is 58.9 Å². The lowest BCUT2D eigenvalue weighted by molar-refractivity contribution is -0.135. The Hall–Kier alpha value is -3.68. The van der Waals surface area contributed by atoms with Crippen LogP contribution in [0, 0.1) is 5.41 Å². The van der Waals surface area contributed by atoms with Crippen LogP contribution < -0.4 is 19.5 Å². The van der Waals surface area contributed by atoms with E-state index in [1.807, 2.05) is 0 Å². The Balaban J connectivity index is 2.06. The molecule has 0 atom stereocenters. The maximum absolute atomic E-state index is 13.0. The van der Waals surface area contributed by atoms with Crippen LogP contribution in [-0.4, -0.2) is 51.1 Å². The highest BCUT2D eigenvalue weighted by molar-refractivity contribution is 6.22. The summed E-state index contributed by atoms with van der Waals surface area (Å²) in [6, 6.07) is 12.0. The first-order valence-corrected chi connectivity index (χ1v) is 14.4. The molecule has 1 aliphatic rings. The number of carbonyl (C=O) groups is 2. The molecule has 1 fully saturated rings. The number of hydrogen-bond donors (Lipinski definition) is 1. The van der Waals surface area contributed by atoms with Gasteiger partial charge in [-0.3, -0.25) is 4.79 Å². The molecule has 0 saturated carbocycles. The second-order valence-electron chi connectivity index (χ2n) is 11.6. The summed E-state index contributed by atoms with van der Waals surface area (Å²) in [4.78, 5) is 28.0. The molecule has 0 unspecified atom stereocenters. The smallest absolute Gasteiger partial charge is 0.346 e. The number of hydrogen-bond acceptors (Lipinski definition) is 8. The van der Waals surface area contributed by atoms with Crippen LogP contribution in [-0.2, 0) is 27.3 Å². The molecule has 0 spiro atoms. The number of nitrogens with zero attached hydrogens (tertiary/aromatic N) is 1. The SMILES string of the molecule is CCCCCCCN(Cc1ccc(CC(C)(C)C)cc1)C(Nc1c(OC)cc(OC)cc1OC)=C1C(=O)COC1=O. The molecule has 41 heavy (non-hydrogen) atoms. The van der Waals surface area contributed by atoms with Crippen LogP contribution in [0.2, 0.25) is 0 Å². The average molecular weight is 567 g/mol. The van der Waals surface area contributed by atoms with Gasteiger partial charge in [0.25, 0.3) is 0 Å². The Morgan fingerprint density at radius 2 is 1.51 bits per heavy atom. The van der Waals surface area contributed by atoms with Crippen molar-refractivity contribution in [2.24, 2.45) is 5.41 Å². The lowest BCUT2D eigenvalue weighted by Crippen LogP contribution is -2.32. The number of ether oxygens (including phenoxy) is 4. The van der Waals surface area contributed by atoms with E-state index in [1.165, 1.54) is 12.0 Å². The number of cyclic esters (lactones) is 1. The van der Waals surface area contributed by atoms with Crippen molar-refractivity contribution in [1.29, 1.82) is 0 Å². The summed E-state index contributed by atoms with van der Waals surface area (Å²) in [6.07, 6.45) is 6.38. The molecule has 1 N–H and O–H groups in total. The molecule has 0 bridgehead atoms. The minimum absolute atomic E-state index is 0.00263. The number of nitrogens with one attached hydrogen (secondary N) is 1. The monoisotopic (exact) mass is 566 g/mol. The lowest BCUT2D eigenvalue weighted by atomic mass is 9.88. The predicted octanol–water partition coefficient (Wildman–Crippen LogP) is 6.52. The first-order chi connectivity index (χ1) is 19.6. The number of carbonyl (C=O) groups excluding carboxylic acids is 2. The number of unbranched alkanes of at least 4 members (excludes halogenated alkanes) is 4. The first-order valence-electron chi connectivity index (χ1n) is 14.4. The van der Waals surface area contributed by atoms with Crippen molar-refractivity contribution in [3.63, 3.8) is 0 Å². The molecule has 1 aliphatic heterocycles. The van der Waals surface area contributed by atoms with Crippen LogP contribution in [0.4, 0.5) is 5.69 Å². The molecule has 1 saturated heterocycles. The van der Waals surface area contributed by atoms with Crippen LogP contribution in [0.3, 0.4) is 0 Å². The third kappa shape index (κ3) is 8.90. The maximum atomic E-state index is 13.0. The van der Waals surface area contributed by atoms with Gasteiger partial charge in [-0.2, -0.15) is 0 Å². The van der Waals surface area contributed by atoms with Gasteiger partial charge >= 0.3 is 5.97 Å². The lowest BCUT2D eigenvalue weighted by Gasteiger charge is -2.30. The highest BCUT2D eigenvalue weighted by Gasteiger charge is 2.35. The Labute approximate surface area is 245 Å². The molecule has 8 heteroatoms. The average Bonchev–Trinajstić information content (AvgIpc) is 3.28. The molecule has 0 amide bonds. The molecule has 2 aromatic rings. The summed E-state index contributed by atoms with van der Waals surface area (Å²) >= 11 is 0. The molecule has 0 radical (unpaired) electrons. The molecule has 8 nitrogen and oxygen atoms in total. The number of Topliss-reactive ketones (excluding diaryl/α,β-unsaturated/α-hetero) is 1. The summed E-state index contributed by atoms with van der Waals surface area (Å²) in [5.74, 6) is 0.840. The van der Waals surface area contributed by atoms with Crippen molar-refractivity contribution in [3.8, 4) is 17.2 Å². The van der Waals surface area contributed by atoms with E-state index in [1.54, 1.807) is 33.5 Å². The van der Waals surface area contributed by atoms with Gasteiger partial charge in [-0.05, 0) is 29.4 Å². The van der Waals surface area contributed by atoms with E-state index < -0.39 is 5.97 Å². The normalized spacial score (nSPS) is 14.5. The summed E-state index contributed by atoms with van der Waals surface area (Å²) < 4.78 is 21.9. The zero-order valence-electron chi connectivity index (χ0n) is 25.7. The fourth-order valence-corrected chi connectivity index (χ4v) is 4.94. The van der Waals surface area contributed by atoms with Crippen molar-refractivity contribution in [1.82, 2.24) is 4.90 Å². The van der Waals surface area contributed by atoms with E-state index in [-0.39, 0.29) is 23.4 Å². The number of methoxy groups -OCH3 is 3. The number of esters is 1. The standard InChI is InChI=1S/C33H46N2O6/c1-8-9-10-11-12-17-35(21-24-15-13-23(14-16-24)20-33(2,3)4)31(29-26(36)22-41-32(29)37)34-30-27(39-6)18-25(38-5)19-28(30)40-7/h13-16,18-19,34H,8-12,17,20-22H2,1-7H3. The van der Waals surface area contributed by atoms with Crippen LogP contribution in [0.15, 0.2) is 47.8 Å². The van der Waals surface area contributed by atoms with Crippen LogP contribution in [0.5, 0.6) is 17.2 Å². The second-order valence-corrected chi connectivity index (χ2v) is 11.6. The van der Waals surface area contributed by atoms with Gasteiger partial charge in [-0.15, -0.1) is 0 Å². The molecule has 0 aliphatic carbocycles. The van der Waals surface area contributed by atoms with E-state index >= 15 is 0 Å². The Morgan fingerprint density at radius 3 is 2.02 bits per heavy atom. The third-order valence-electron chi connectivity index (χ3n) is 6.99. The molecule has 1 heterocycles. The molecule has 224 valence electrons. The van der Waals surface area contributed by atoms with E-state index in [9.17, 15) is 9.59 Å². The van der Waals surface area contributed by atoms with Crippen molar-refractivity contribution in [2.75, 3.05) is 39.8 Å². The maximum Gasteiger partial charge on any atom is 0.346 e. The summed E-state index contributed by atoms with van der Waals surface area (Å²) in [7, 11) is 4.66. The van der Waals surface area contributed by atoms with Crippen LogP contribution in [0.1, 0.15) is 70.9 Å². The van der Waals surface area contributed by atoms with E-state index in [0.717, 1.165) is 37.7 Å². The van der Waals surface area contributed by atoms with Gasteiger partial charge in [0.2, 0.25) is 5.78 Å². The van der Waals surface area contributed by atoms with E-state index in [4.69, 9.17) is 18.9 Å².